The van der Waals surface area contributed by atoms with Gasteiger partial charge in [0.1, 0.15) is 6.61 Å². The predicted octanol–water partition coefficient (Wildman–Crippen LogP) is 14.1. The van der Waals surface area contributed by atoms with Gasteiger partial charge >= 0.3 is 5.97 Å². The third-order valence-electron chi connectivity index (χ3n) is 8.43. The maximum absolute atomic E-state index is 11.8. The molecule has 0 spiro atoms. The van der Waals surface area contributed by atoms with Crippen molar-refractivity contribution in [3.8, 4) is 0 Å². The Morgan fingerprint density at radius 2 is 1.05 bits per heavy atom. The molecule has 0 atom stereocenters. The second kappa shape index (κ2) is 27.1. The number of carbonyl (C=O) groups excluding carboxylic acids is 2. The van der Waals surface area contributed by atoms with Gasteiger partial charge in [-0.2, -0.15) is 0 Å². The van der Waals surface area contributed by atoms with E-state index >= 15 is 0 Å². The molecular weight excluding hydrogens is 689 g/mol. The first-order valence-electron chi connectivity index (χ1n) is 19.5. The van der Waals surface area contributed by atoms with Crippen molar-refractivity contribution >= 4 is 39.4 Å². The number of fused-ring (bicyclic) bond motifs is 2. The minimum absolute atomic E-state index is 0.0231. The lowest BCUT2D eigenvalue weighted by molar-refractivity contribution is 0.0388. The van der Waals surface area contributed by atoms with Gasteiger partial charge in [0.2, 0.25) is 0 Å². The maximum atomic E-state index is 11.8. The average molecular weight is 751 g/mol. The van der Waals surface area contributed by atoms with Crippen LogP contribution in [-0.2, 0) is 9.47 Å². The van der Waals surface area contributed by atoms with Crippen molar-refractivity contribution in [3.05, 3.63) is 185 Å². The molecule has 0 saturated carbocycles. The van der Waals surface area contributed by atoms with E-state index in [9.17, 15) is 9.59 Å². The molecule has 0 unspecified atom stereocenters. The van der Waals surface area contributed by atoms with Crippen LogP contribution in [0.2, 0.25) is 0 Å². The van der Waals surface area contributed by atoms with Crippen molar-refractivity contribution in [1.29, 1.82) is 0 Å². The van der Waals surface area contributed by atoms with Gasteiger partial charge in [0.15, 0.2) is 5.78 Å². The number of hydrogen-bond donors (Lipinski definition) is 0. The second-order valence-corrected chi connectivity index (χ2v) is 13.6. The zero-order valence-electron chi connectivity index (χ0n) is 34.9. The Morgan fingerprint density at radius 1 is 0.571 bits per heavy atom. The van der Waals surface area contributed by atoms with Crippen LogP contribution in [0.4, 0.5) is 0 Å². The first-order chi connectivity index (χ1) is 27.0. The van der Waals surface area contributed by atoms with Crippen LogP contribution in [0.3, 0.4) is 0 Å². The van der Waals surface area contributed by atoms with Gasteiger partial charge in [-0.1, -0.05) is 176 Å². The number of ether oxygens (including phenoxy) is 2. The standard InChI is InChI=1S/C16H16O4.C12H12.C12H16.C7H8.C5H10/c1-11(17)12-3-4-14-10-15(6-5-13(14)9-12)16(18)20-8-7-19-2;1-9-3-5-12-8-10(2)4-6-11(12)7-9;1-3-4-5-6-12-9-7-11(2)8-10-12;1-7-5-3-2-4-6-7;1-3-5-4-2/h3-6,9-10H,7-8H2,1-2H3;3-8H,1-2H3;5-10H,3-4H2,1-2H3;2-6H,1H3;3H,1,4-5H2,2H3/b;;6-5+;;. The van der Waals surface area contributed by atoms with Crippen molar-refractivity contribution in [2.75, 3.05) is 20.3 Å². The minimum Gasteiger partial charge on any atom is -0.460 e. The SMILES string of the molecule is C=CCCC.CCC/C=C/c1ccc(C)cc1.COCCOC(=O)c1ccc2cc(C(C)=O)ccc2c1.Cc1ccc2cc(C)ccc2c1.Cc1ccccc1. The number of methoxy groups -OCH3 is 1. The third-order valence-corrected chi connectivity index (χ3v) is 8.43. The van der Waals surface area contributed by atoms with E-state index in [0.717, 1.165) is 17.2 Å². The topological polar surface area (TPSA) is 52.6 Å². The quantitative estimate of drug-likeness (QED) is 0.0605. The number of rotatable bonds is 10. The Balaban J connectivity index is 0.000000261. The van der Waals surface area contributed by atoms with Gasteiger partial charge in [0.05, 0.1) is 12.2 Å². The van der Waals surface area contributed by atoms with E-state index in [2.05, 4.69) is 133 Å². The van der Waals surface area contributed by atoms with Crippen molar-refractivity contribution < 1.29 is 19.1 Å². The fourth-order valence-electron chi connectivity index (χ4n) is 5.18. The largest absolute Gasteiger partial charge is 0.460 e. The molecule has 294 valence electrons. The van der Waals surface area contributed by atoms with Crippen LogP contribution >= 0.6 is 0 Å². The lowest BCUT2D eigenvalue weighted by Crippen LogP contribution is -2.09. The molecule has 0 N–H and O–H groups in total. The molecular formula is C52H62O4. The molecule has 0 radical (unpaired) electrons. The number of esters is 1. The van der Waals surface area contributed by atoms with E-state index in [1.165, 1.54) is 64.8 Å². The fourth-order valence-corrected chi connectivity index (χ4v) is 5.18. The highest BCUT2D eigenvalue weighted by Crippen LogP contribution is 2.19. The molecule has 56 heavy (non-hydrogen) atoms. The summed E-state index contributed by atoms with van der Waals surface area (Å²) in [5.41, 5.74) is 7.74. The second-order valence-electron chi connectivity index (χ2n) is 13.6. The van der Waals surface area contributed by atoms with E-state index < -0.39 is 0 Å². The van der Waals surface area contributed by atoms with Crippen molar-refractivity contribution in [1.82, 2.24) is 0 Å². The summed E-state index contributed by atoms with van der Waals surface area (Å²) < 4.78 is 9.89. The summed E-state index contributed by atoms with van der Waals surface area (Å²) in [5.74, 6) is -0.352. The lowest BCUT2D eigenvalue weighted by atomic mass is 10.0. The van der Waals surface area contributed by atoms with Crippen molar-refractivity contribution in [2.24, 2.45) is 0 Å². The highest BCUT2D eigenvalue weighted by Gasteiger charge is 2.09. The molecule has 0 aliphatic rings. The number of allylic oxidation sites excluding steroid dienone is 2. The third kappa shape index (κ3) is 18.6. The molecule has 0 bridgehead atoms. The Labute approximate surface area is 336 Å². The average Bonchev–Trinajstić information content (AvgIpc) is 3.20. The molecule has 0 fully saturated rings. The number of ketones is 1. The summed E-state index contributed by atoms with van der Waals surface area (Å²) in [6, 6.07) is 42.6. The summed E-state index contributed by atoms with van der Waals surface area (Å²) in [4.78, 5) is 23.1. The molecule has 6 rings (SSSR count). The van der Waals surface area contributed by atoms with Gasteiger partial charge in [0, 0.05) is 12.7 Å². The molecule has 6 aromatic carbocycles. The first-order valence-corrected chi connectivity index (χ1v) is 19.5. The number of hydrogen-bond acceptors (Lipinski definition) is 4. The van der Waals surface area contributed by atoms with Gasteiger partial charge in [-0.25, -0.2) is 4.79 Å². The molecule has 0 saturated heterocycles. The lowest BCUT2D eigenvalue weighted by Gasteiger charge is -2.06. The predicted molar refractivity (Wildman–Crippen MR) is 241 cm³/mol. The highest BCUT2D eigenvalue weighted by atomic mass is 16.6. The summed E-state index contributed by atoms with van der Waals surface area (Å²) in [5, 5.41) is 4.49. The summed E-state index contributed by atoms with van der Waals surface area (Å²) in [6.45, 7) is 18.5. The molecule has 6 aromatic rings. The zero-order valence-corrected chi connectivity index (χ0v) is 34.9. The van der Waals surface area contributed by atoms with Gasteiger partial charge in [-0.05, 0) is 92.8 Å². The maximum Gasteiger partial charge on any atom is 0.338 e. The van der Waals surface area contributed by atoms with Crippen LogP contribution in [0, 0.1) is 27.7 Å². The normalized spacial score (nSPS) is 10.1. The van der Waals surface area contributed by atoms with Crippen LogP contribution in [0.1, 0.15) is 95.0 Å². The Kier molecular flexibility index (Phi) is 22.5. The molecule has 0 aliphatic heterocycles. The Hall–Kier alpha value is -5.58. The Bertz CT molecular complexity index is 2030. The van der Waals surface area contributed by atoms with Crippen molar-refractivity contribution in [3.63, 3.8) is 0 Å². The van der Waals surface area contributed by atoms with Gasteiger partial charge in [-0.15, -0.1) is 6.58 Å². The molecule has 4 heteroatoms. The molecule has 4 nitrogen and oxygen atoms in total. The first kappa shape index (κ1) is 46.6. The van der Waals surface area contributed by atoms with Gasteiger partial charge in [-0.3, -0.25) is 4.79 Å². The zero-order chi connectivity index (χ0) is 41.1. The number of Topliss-reactive ketones (excluding diaryl/α,β-unsaturated/α-hetero) is 1. The van der Waals surface area contributed by atoms with Gasteiger partial charge < -0.3 is 9.47 Å². The highest BCUT2D eigenvalue weighted by molar-refractivity contribution is 6.00. The monoisotopic (exact) mass is 750 g/mol. The van der Waals surface area contributed by atoms with E-state index in [1.54, 1.807) is 25.3 Å². The number of aryl methyl sites for hydroxylation is 4. The summed E-state index contributed by atoms with van der Waals surface area (Å²) >= 11 is 0. The smallest absolute Gasteiger partial charge is 0.338 e. The number of benzene rings is 6. The molecule has 0 aliphatic carbocycles. The van der Waals surface area contributed by atoms with Crippen LogP contribution in [-0.4, -0.2) is 32.1 Å². The molecule has 0 aromatic heterocycles. The summed E-state index contributed by atoms with van der Waals surface area (Å²) in [6.07, 6.45) is 11.1. The minimum atomic E-state index is -0.375. The van der Waals surface area contributed by atoms with E-state index in [-0.39, 0.29) is 18.4 Å². The van der Waals surface area contributed by atoms with Crippen LogP contribution < -0.4 is 0 Å². The van der Waals surface area contributed by atoms with Crippen LogP contribution in [0.25, 0.3) is 27.6 Å². The van der Waals surface area contributed by atoms with Crippen LogP contribution in [0.15, 0.2) is 146 Å². The van der Waals surface area contributed by atoms with Crippen molar-refractivity contribution in [2.45, 2.75) is 74.1 Å². The van der Waals surface area contributed by atoms with E-state index in [1.807, 2.05) is 42.5 Å². The molecule has 0 heterocycles. The van der Waals surface area contributed by atoms with E-state index in [4.69, 9.17) is 9.47 Å². The summed E-state index contributed by atoms with van der Waals surface area (Å²) in [7, 11) is 1.55. The number of unbranched alkanes of at least 4 members (excludes halogenated alkanes) is 2. The van der Waals surface area contributed by atoms with E-state index in [0.29, 0.717) is 17.7 Å². The Morgan fingerprint density at radius 3 is 1.52 bits per heavy atom. The van der Waals surface area contributed by atoms with Crippen LogP contribution in [0.5, 0.6) is 0 Å². The molecule has 0 amide bonds. The fraction of sp³-hybridized carbons (Fsp3) is 0.269. The van der Waals surface area contributed by atoms with Gasteiger partial charge in [0.25, 0.3) is 0 Å². The number of carbonyl (C=O) groups is 2.